The first-order chi connectivity index (χ1) is 18.8. The number of aromatic nitrogens is 1. The summed E-state index contributed by atoms with van der Waals surface area (Å²) in [7, 11) is 3.27. The molecule has 3 heterocycles. The highest BCUT2D eigenvalue weighted by molar-refractivity contribution is 5.97. The summed E-state index contributed by atoms with van der Waals surface area (Å²) in [6.45, 7) is 8.61. The zero-order valence-electron chi connectivity index (χ0n) is 23.5. The van der Waals surface area contributed by atoms with E-state index in [1.807, 2.05) is 61.9 Å². The van der Waals surface area contributed by atoms with Crippen molar-refractivity contribution in [1.29, 1.82) is 0 Å². The number of piperazine rings is 1. The maximum atomic E-state index is 13.5. The van der Waals surface area contributed by atoms with Gasteiger partial charge in [-0.15, -0.1) is 0 Å². The Kier molecular flexibility index (Phi) is 7.66. The normalized spacial score (nSPS) is 19.1. The van der Waals surface area contributed by atoms with E-state index in [2.05, 4.69) is 33.0 Å². The van der Waals surface area contributed by atoms with Crippen LogP contribution in [0.1, 0.15) is 64.7 Å². The molecular formula is C31H39N5O3. The number of hydrogen-bond acceptors (Lipinski definition) is 5. The van der Waals surface area contributed by atoms with Crippen LogP contribution >= 0.6 is 0 Å². The van der Waals surface area contributed by atoms with Gasteiger partial charge < -0.3 is 30.2 Å². The number of nitrogens with zero attached hydrogens (tertiary/aromatic N) is 2. The lowest BCUT2D eigenvalue weighted by Gasteiger charge is -2.35. The maximum Gasteiger partial charge on any atom is 0.267 e. The Morgan fingerprint density at radius 2 is 1.79 bits per heavy atom. The Balaban J connectivity index is 1.38. The molecule has 1 aromatic heterocycles. The van der Waals surface area contributed by atoms with Crippen molar-refractivity contribution in [2.45, 2.75) is 58.3 Å². The van der Waals surface area contributed by atoms with Crippen molar-refractivity contribution in [1.82, 2.24) is 20.5 Å². The average molecular weight is 530 g/mol. The van der Waals surface area contributed by atoms with Crippen molar-refractivity contribution in [3.8, 4) is 16.9 Å². The van der Waals surface area contributed by atoms with Crippen LogP contribution in [-0.2, 0) is 6.54 Å². The lowest BCUT2D eigenvalue weighted by Crippen LogP contribution is -2.51. The summed E-state index contributed by atoms with van der Waals surface area (Å²) in [4.78, 5) is 28.3. The smallest absolute Gasteiger partial charge is 0.267 e. The van der Waals surface area contributed by atoms with Crippen molar-refractivity contribution in [3.63, 3.8) is 0 Å². The summed E-state index contributed by atoms with van der Waals surface area (Å²) in [5.41, 5.74) is 6.13. The zero-order valence-corrected chi connectivity index (χ0v) is 23.5. The van der Waals surface area contributed by atoms with Gasteiger partial charge in [0.2, 0.25) is 0 Å². The minimum Gasteiger partial charge on any atom is -0.497 e. The molecule has 2 aliphatic rings. The number of nitrogens with one attached hydrogen (secondary N) is 3. The third-order valence-corrected chi connectivity index (χ3v) is 8.09. The van der Waals surface area contributed by atoms with Gasteiger partial charge in [-0.25, -0.2) is 0 Å². The molecule has 5 rings (SSSR count). The molecule has 206 valence electrons. The molecule has 39 heavy (non-hydrogen) atoms. The summed E-state index contributed by atoms with van der Waals surface area (Å²) in [5, 5.41) is 9.58. The van der Waals surface area contributed by atoms with E-state index >= 15 is 0 Å². The van der Waals surface area contributed by atoms with Gasteiger partial charge in [0.25, 0.3) is 11.8 Å². The minimum atomic E-state index is -0.254. The molecular weight excluding hydrogens is 490 g/mol. The van der Waals surface area contributed by atoms with E-state index in [-0.39, 0.29) is 17.9 Å². The number of ether oxygens (including phenoxy) is 1. The van der Waals surface area contributed by atoms with Crippen LogP contribution in [0.25, 0.3) is 11.1 Å². The van der Waals surface area contributed by atoms with E-state index < -0.39 is 0 Å². The van der Waals surface area contributed by atoms with Gasteiger partial charge in [-0.3, -0.25) is 9.59 Å². The monoisotopic (exact) mass is 529 g/mol. The molecule has 0 spiro atoms. The molecule has 8 nitrogen and oxygen atoms in total. The van der Waals surface area contributed by atoms with E-state index in [0.717, 1.165) is 41.0 Å². The van der Waals surface area contributed by atoms with Crippen LogP contribution in [0.4, 0.5) is 5.69 Å². The first-order valence-electron chi connectivity index (χ1n) is 13.8. The molecule has 2 bridgehead atoms. The second-order valence-corrected chi connectivity index (χ2v) is 10.7. The van der Waals surface area contributed by atoms with Gasteiger partial charge in [0.1, 0.15) is 11.4 Å². The predicted octanol–water partition coefficient (Wildman–Crippen LogP) is 4.28. The van der Waals surface area contributed by atoms with Gasteiger partial charge in [0.15, 0.2) is 0 Å². The number of carbonyl (C=O) groups excluding carboxylic acids is 2. The molecule has 3 atom stereocenters. The molecule has 0 radical (unpaired) electrons. The van der Waals surface area contributed by atoms with Gasteiger partial charge in [0, 0.05) is 61.8 Å². The number of methoxy groups -OCH3 is 1. The third kappa shape index (κ3) is 5.52. The number of anilines is 1. The maximum absolute atomic E-state index is 13.5. The summed E-state index contributed by atoms with van der Waals surface area (Å²) < 4.78 is 7.53. The largest absolute Gasteiger partial charge is 0.497 e. The molecule has 2 aliphatic heterocycles. The molecule has 3 N–H and O–H groups in total. The van der Waals surface area contributed by atoms with E-state index in [9.17, 15) is 9.59 Å². The van der Waals surface area contributed by atoms with Gasteiger partial charge in [0.05, 0.1) is 13.2 Å². The SMILES string of the molecule is CCn1cc(-c2cc(OC)cc([C@@H](C)NC(=O)c3cc(N4C[C@H]5CC[C@@H](C4)N5)ccc3C)c2)cc1C(=O)NC. The number of amides is 2. The van der Waals surface area contributed by atoms with Crippen molar-refractivity contribution in [3.05, 3.63) is 71.0 Å². The Morgan fingerprint density at radius 1 is 1.05 bits per heavy atom. The van der Waals surface area contributed by atoms with Crippen LogP contribution in [0.15, 0.2) is 48.7 Å². The highest BCUT2D eigenvalue weighted by Crippen LogP contribution is 2.31. The van der Waals surface area contributed by atoms with E-state index in [0.29, 0.717) is 35.6 Å². The van der Waals surface area contributed by atoms with Crippen LogP contribution in [0.3, 0.4) is 0 Å². The summed E-state index contributed by atoms with van der Waals surface area (Å²) in [5.74, 6) is 0.474. The van der Waals surface area contributed by atoms with E-state index in [4.69, 9.17) is 4.74 Å². The average Bonchev–Trinajstić information content (AvgIpc) is 3.54. The number of carbonyl (C=O) groups is 2. The Morgan fingerprint density at radius 3 is 2.46 bits per heavy atom. The molecule has 2 saturated heterocycles. The first-order valence-corrected chi connectivity index (χ1v) is 13.8. The second-order valence-electron chi connectivity index (χ2n) is 10.7. The number of benzene rings is 2. The lowest BCUT2D eigenvalue weighted by molar-refractivity contribution is 0.0935. The van der Waals surface area contributed by atoms with E-state index in [1.54, 1.807) is 14.2 Å². The number of rotatable bonds is 8. The van der Waals surface area contributed by atoms with Crippen molar-refractivity contribution in [2.24, 2.45) is 0 Å². The molecule has 0 aliphatic carbocycles. The van der Waals surface area contributed by atoms with Gasteiger partial charge in [-0.05, 0) is 86.7 Å². The summed E-state index contributed by atoms with van der Waals surface area (Å²) >= 11 is 0. The van der Waals surface area contributed by atoms with E-state index in [1.165, 1.54) is 12.8 Å². The number of aryl methyl sites for hydroxylation is 2. The Hall–Kier alpha value is -3.78. The standard InChI is InChI=1S/C31H39N5O3/c1-6-35-16-23(14-29(35)31(38)32-4)22-11-21(12-27(13-22)39-5)20(3)33-30(37)28-15-26(10-7-19(28)2)36-17-24-8-9-25(18-36)34-24/h7,10-16,20,24-25,34H,6,8-9,17-18H2,1-5H3,(H,32,38)(H,33,37)/t20-,24-,25+/m1/s1. The highest BCUT2D eigenvalue weighted by atomic mass is 16.5. The van der Waals surface area contributed by atoms with Crippen molar-refractivity contribution < 1.29 is 14.3 Å². The highest BCUT2D eigenvalue weighted by Gasteiger charge is 2.32. The molecule has 0 unspecified atom stereocenters. The molecule has 0 saturated carbocycles. The fraction of sp³-hybridized carbons (Fsp3) is 0.419. The summed E-state index contributed by atoms with van der Waals surface area (Å²) in [6.07, 6.45) is 4.41. The second kappa shape index (κ2) is 11.1. The minimum absolute atomic E-state index is 0.0941. The van der Waals surface area contributed by atoms with Gasteiger partial charge in [-0.1, -0.05) is 6.07 Å². The van der Waals surface area contributed by atoms with Crippen molar-refractivity contribution >= 4 is 17.5 Å². The van der Waals surface area contributed by atoms with Crippen LogP contribution in [0, 0.1) is 6.92 Å². The Labute approximate surface area is 230 Å². The van der Waals surface area contributed by atoms with Crippen LogP contribution in [0.5, 0.6) is 5.75 Å². The molecule has 2 aromatic carbocycles. The fourth-order valence-corrected chi connectivity index (χ4v) is 5.82. The number of hydrogen-bond donors (Lipinski definition) is 3. The fourth-order valence-electron chi connectivity index (χ4n) is 5.82. The zero-order chi connectivity index (χ0) is 27.7. The Bertz CT molecular complexity index is 1370. The molecule has 2 amide bonds. The first kappa shape index (κ1) is 26.8. The topological polar surface area (TPSA) is 87.6 Å². The van der Waals surface area contributed by atoms with Gasteiger partial charge in [-0.2, -0.15) is 0 Å². The molecule has 3 aromatic rings. The molecule has 8 heteroatoms. The van der Waals surface area contributed by atoms with Crippen LogP contribution < -0.4 is 25.6 Å². The molecule has 2 fully saturated rings. The predicted molar refractivity (Wildman–Crippen MR) is 155 cm³/mol. The van der Waals surface area contributed by atoms with Gasteiger partial charge >= 0.3 is 0 Å². The van der Waals surface area contributed by atoms with Crippen molar-refractivity contribution in [2.75, 3.05) is 32.1 Å². The third-order valence-electron chi connectivity index (χ3n) is 8.09. The summed E-state index contributed by atoms with van der Waals surface area (Å²) in [6, 6.07) is 14.9. The van der Waals surface area contributed by atoms with Crippen LogP contribution in [0.2, 0.25) is 0 Å². The lowest BCUT2D eigenvalue weighted by atomic mass is 10.00. The number of fused-ring (bicyclic) bond motifs is 2. The quantitative estimate of drug-likeness (QED) is 0.405. The van der Waals surface area contributed by atoms with Crippen LogP contribution in [-0.4, -0.2) is 55.7 Å².